The molecular formula is C7H9BrO. The van der Waals surface area contributed by atoms with E-state index in [1.807, 2.05) is 12.2 Å². The van der Waals surface area contributed by atoms with Gasteiger partial charge < -0.3 is 5.11 Å². The summed E-state index contributed by atoms with van der Waals surface area (Å²) in [5.41, 5.74) is 0. The molecule has 1 aliphatic rings. The largest absolute Gasteiger partial charge is 0.396 e. The molecular weight excluding hydrogens is 180 g/mol. The molecule has 0 aromatic carbocycles. The van der Waals surface area contributed by atoms with E-state index in [1.54, 1.807) is 0 Å². The monoisotopic (exact) mass is 188 g/mol. The van der Waals surface area contributed by atoms with Gasteiger partial charge >= 0.3 is 0 Å². The number of rotatable bonds is 1. The number of aliphatic hydroxyl groups excluding tert-OH is 1. The van der Waals surface area contributed by atoms with Crippen LogP contribution in [0.2, 0.25) is 0 Å². The van der Waals surface area contributed by atoms with Crippen molar-refractivity contribution < 1.29 is 5.11 Å². The summed E-state index contributed by atoms with van der Waals surface area (Å²) >= 11 is 3.33. The van der Waals surface area contributed by atoms with Crippen LogP contribution >= 0.6 is 15.9 Å². The molecule has 1 N–H and O–H groups in total. The van der Waals surface area contributed by atoms with Crippen LogP contribution in [0.5, 0.6) is 0 Å². The van der Waals surface area contributed by atoms with E-state index < -0.39 is 0 Å². The van der Waals surface area contributed by atoms with Crippen molar-refractivity contribution in [2.75, 3.05) is 6.61 Å². The molecule has 0 aromatic heterocycles. The lowest BCUT2D eigenvalue weighted by Gasteiger charge is -2.09. The van der Waals surface area contributed by atoms with Crippen LogP contribution in [-0.2, 0) is 0 Å². The van der Waals surface area contributed by atoms with Gasteiger partial charge in [0.25, 0.3) is 0 Å². The van der Waals surface area contributed by atoms with E-state index in [4.69, 9.17) is 5.11 Å². The van der Waals surface area contributed by atoms with E-state index in [0.717, 1.165) is 10.9 Å². The molecule has 0 heterocycles. The van der Waals surface area contributed by atoms with Crippen molar-refractivity contribution in [1.82, 2.24) is 0 Å². The molecule has 1 unspecified atom stereocenters. The molecule has 0 spiro atoms. The second-order valence-electron chi connectivity index (χ2n) is 2.13. The summed E-state index contributed by atoms with van der Waals surface area (Å²) in [5.74, 6) is 0.323. The predicted molar refractivity (Wildman–Crippen MR) is 41.3 cm³/mol. The van der Waals surface area contributed by atoms with Gasteiger partial charge in [-0.2, -0.15) is 0 Å². The maximum Gasteiger partial charge on any atom is 0.0497 e. The molecule has 0 saturated heterocycles. The minimum atomic E-state index is 0.249. The van der Waals surface area contributed by atoms with E-state index in [-0.39, 0.29) is 6.61 Å². The molecule has 1 nitrogen and oxygen atoms in total. The summed E-state index contributed by atoms with van der Waals surface area (Å²) < 4.78 is 1.08. The minimum Gasteiger partial charge on any atom is -0.396 e. The van der Waals surface area contributed by atoms with Crippen LogP contribution in [0, 0.1) is 5.92 Å². The Morgan fingerprint density at radius 1 is 1.78 bits per heavy atom. The molecule has 9 heavy (non-hydrogen) atoms. The molecule has 1 aliphatic carbocycles. The number of aliphatic hydroxyl groups is 1. The first-order chi connectivity index (χ1) is 4.33. The Morgan fingerprint density at radius 3 is 3.00 bits per heavy atom. The lowest BCUT2D eigenvalue weighted by molar-refractivity contribution is 0.253. The van der Waals surface area contributed by atoms with Gasteiger partial charge in [0.2, 0.25) is 0 Å². The summed E-state index contributed by atoms with van der Waals surface area (Å²) in [6.45, 7) is 0.249. The lowest BCUT2D eigenvalue weighted by Crippen LogP contribution is -2.03. The third-order valence-corrected chi connectivity index (χ3v) is 1.87. The molecule has 0 radical (unpaired) electrons. The Kier molecular flexibility index (Phi) is 2.49. The fourth-order valence-electron chi connectivity index (χ4n) is 0.831. The zero-order chi connectivity index (χ0) is 6.69. The number of hydrogen-bond donors (Lipinski definition) is 1. The first-order valence-corrected chi connectivity index (χ1v) is 3.77. The second kappa shape index (κ2) is 3.18. The van der Waals surface area contributed by atoms with Crippen LogP contribution in [0.1, 0.15) is 6.42 Å². The quantitative estimate of drug-likeness (QED) is 0.667. The van der Waals surface area contributed by atoms with Gasteiger partial charge in [-0.3, -0.25) is 0 Å². The van der Waals surface area contributed by atoms with Gasteiger partial charge in [0.1, 0.15) is 0 Å². The second-order valence-corrected chi connectivity index (χ2v) is 3.05. The molecule has 50 valence electrons. The molecule has 0 saturated carbocycles. The van der Waals surface area contributed by atoms with Crippen LogP contribution in [-0.4, -0.2) is 11.7 Å². The fourth-order valence-corrected chi connectivity index (χ4v) is 1.39. The summed E-state index contributed by atoms with van der Waals surface area (Å²) in [7, 11) is 0. The van der Waals surface area contributed by atoms with Gasteiger partial charge in [-0.25, -0.2) is 0 Å². The molecule has 0 aliphatic heterocycles. The van der Waals surface area contributed by atoms with E-state index in [9.17, 15) is 0 Å². The Bertz CT molecular complexity index is 149. The summed E-state index contributed by atoms with van der Waals surface area (Å²) in [6, 6.07) is 0. The van der Waals surface area contributed by atoms with Crippen LogP contribution in [0.15, 0.2) is 22.7 Å². The van der Waals surface area contributed by atoms with Crippen molar-refractivity contribution >= 4 is 15.9 Å². The molecule has 1 rings (SSSR count). The molecule has 1 atom stereocenters. The third kappa shape index (κ3) is 1.95. The first kappa shape index (κ1) is 7.03. The number of hydrogen-bond acceptors (Lipinski definition) is 1. The zero-order valence-corrected chi connectivity index (χ0v) is 6.63. The summed E-state index contributed by atoms with van der Waals surface area (Å²) in [5, 5.41) is 8.71. The van der Waals surface area contributed by atoms with Crippen molar-refractivity contribution in [3.8, 4) is 0 Å². The van der Waals surface area contributed by atoms with E-state index in [1.165, 1.54) is 0 Å². The molecule has 0 amide bonds. The first-order valence-electron chi connectivity index (χ1n) is 2.97. The van der Waals surface area contributed by atoms with Gasteiger partial charge in [0.15, 0.2) is 0 Å². The maximum atomic E-state index is 8.71. The SMILES string of the molecule is OCC1C=C(Br)C=CC1. The van der Waals surface area contributed by atoms with Crippen LogP contribution in [0.25, 0.3) is 0 Å². The van der Waals surface area contributed by atoms with Crippen molar-refractivity contribution in [3.63, 3.8) is 0 Å². The van der Waals surface area contributed by atoms with Crippen LogP contribution in [0.4, 0.5) is 0 Å². The van der Waals surface area contributed by atoms with Gasteiger partial charge in [-0.05, 0) is 6.42 Å². The predicted octanol–water partition coefficient (Wildman–Crippen LogP) is 1.83. The topological polar surface area (TPSA) is 20.2 Å². The standard InChI is InChI=1S/C7H9BrO/c8-7-3-1-2-6(4-7)5-9/h1,3-4,6,9H,2,5H2. The highest BCUT2D eigenvalue weighted by Crippen LogP contribution is 2.19. The summed E-state index contributed by atoms with van der Waals surface area (Å²) in [6.07, 6.45) is 7.06. The Morgan fingerprint density at radius 2 is 2.56 bits per heavy atom. The highest BCUT2D eigenvalue weighted by atomic mass is 79.9. The van der Waals surface area contributed by atoms with Crippen LogP contribution in [0.3, 0.4) is 0 Å². The average Bonchev–Trinajstić information content (AvgIpc) is 1.88. The van der Waals surface area contributed by atoms with Gasteiger partial charge in [0.05, 0.1) is 0 Å². The van der Waals surface area contributed by atoms with E-state index >= 15 is 0 Å². The van der Waals surface area contributed by atoms with Gasteiger partial charge in [-0.15, -0.1) is 0 Å². The average molecular weight is 189 g/mol. The number of allylic oxidation sites excluding steroid dienone is 3. The molecule has 0 bridgehead atoms. The normalized spacial score (nSPS) is 26.0. The smallest absolute Gasteiger partial charge is 0.0497 e. The number of halogens is 1. The molecule has 2 heteroatoms. The van der Waals surface area contributed by atoms with Crippen molar-refractivity contribution in [1.29, 1.82) is 0 Å². The molecule has 0 aromatic rings. The lowest BCUT2D eigenvalue weighted by atomic mass is 10.0. The van der Waals surface area contributed by atoms with Gasteiger partial charge in [-0.1, -0.05) is 34.2 Å². The van der Waals surface area contributed by atoms with Crippen LogP contribution < -0.4 is 0 Å². The van der Waals surface area contributed by atoms with E-state index in [0.29, 0.717) is 5.92 Å². The third-order valence-electron chi connectivity index (χ3n) is 1.35. The van der Waals surface area contributed by atoms with Crippen molar-refractivity contribution in [2.24, 2.45) is 5.92 Å². The Hall–Kier alpha value is -0.0800. The summed E-state index contributed by atoms with van der Waals surface area (Å²) in [4.78, 5) is 0. The Labute approximate surface area is 63.2 Å². The van der Waals surface area contributed by atoms with Gasteiger partial charge in [0, 0.05) is 17.0 Å². The fraction of sp³-hybridized carbons (Fsp3) is 0.429. The highest BCUT2D eigenvalue weighted by Gasteiger charge is 2.04. The maximum absolute atomic E-state index is 8.71. The van der Waals surface area contributed by atoms with E-state index in [2.05, 4.69) is 22.0 Å². The Balaban J connectivity index is 2.55. The molecule has 0 fully saturated rings. The zero-order valence-electron chi connectivity index (χ0n) is 5.05. The highest BCUT2D eigenvalue weighted by molar-refractivity contribution is 9.11. The van der Waals surface area contributed by atoms with Crippen molar-refractivity contribution in [2.45, 2.75) is 6.42 Å². The van der Waals surface area contributed by atoms with Crippen molar-refractivity contribution in [3.05, 3.63) is 22.7 Å². The minimum absolute atomic E-state index is 0.249.